The third-order valence-electron chi connectivity index (χ3n) is 4.21. The van der Waals surface area contributed by atoms with Crippen LogP contribution in [-0.4, -0.2) is 15.9 Å². The average Bonchev–Trinajstić information content (AvgIpc) is 2.74. The first-order valence-corrected chi connectivity index (χ1v) is 8.86. The number of alkyl halides is 3. The van der Waals surface area contributed by atoms with Gasteiger partial charge in [0.1, 0.15) is 17.2 Å². The van der Waals surface area contributed by atoms with Crippen molar-refractivity contribution in [1.29, 1.82) is 0 Å². The summed E-state index contributed by atoms with van der Waals surface area (Å²) in [6, 6.07) is 17.9. The summed E-state index contributed by atoms with van der Waals surface area (Å²) in [6.07, 6.45) is -2.01. The van der Waals surface area contributed by atoms with Gasteiger partial charge in [-0.05, 0) is 42.5 Å². The van der Waals surface area contributed by atoms with Gasteiger partial charge in [-0.2, -0.15) is 13.2 Å². The van der Waals surface area contributed by atoms with E-state index in [2.05, 4.69) is 15.3 Å². The minimum absolute atomic E-state index is 0.160. The van der Waals surface area contributed by atoms with Gasteiger partial charge >= 0.3 is 6.18 Å². The molecular formula is C22H14F3N3O2. The summed E-state index contributed by atoms with van der Waals surface area (Å²) in [5.41, 5.74) is 0.0248. The molecule has 150 valence electrons. The summed E-state index contributed by atoms with van der Waals surface area (Å²) in [4.78, 5) is 20.1. The van der Waals surface area contributed by atoms with Crippen molar-refractivity contribution in [2.24, 2.45) is 0 Å². The van der Waals surface area contributed by atoms with Crippen LogP contribution in [0, 0.1) is 0 Å². The molecule has 4 rings (SSSR count). The molecule has 2 heterocycles. The zero-order valence-electron chi connectivity index (χ0n) is 15.4. The fourth-order valence-corrected chi connectivity index (χ4v) is 2.76. The molecule has 1 amide bonds. The number of benzene rings is 2. The number of nitrogens with zero attached hydrogens (tertiary/aromatic N) is 2. The Labute approximate surface area is 169 Å². The highest BCUT2D eigenvalue weighted by molar-refractivity contribution is 6.06. The average molecular weight is 409 g/mol. The Bertz CT molecular complexity index is 1190. The number of hydrogen-bond donors (Lipinski definition) is 1. The van der Waals surface area contributed by atoms with Crippen molar-refractivity contribution in [3.63, 3.8) is 0 Å². The lowest BCUT2D eigenvalue weighted by atomic mass is 10.1. The van der Waals surface area contributed by atoms with Gasteiger partial charge in [0.15, 0.2) is 0 Å². The molecule has 1 N–H and O–H groups in total. The number of aromatic nitrogens is 2. The van der Waals surface area contributed by atoms with Crippen LogP contribution in [0.15, 0.2) is 79.1 Å². The maximum Gasteiger partial charge on any atom is 0.433 e. The molecule has 0 aliphatic rings. The van der Waals surface area contributed by atoms with Gasteiger partial charge in [0.25, 0.3) is 5.91 Å². The number of anilines is 1. The molecule has 0 saturated heterocycles. The quantitative estimate of drug-likeness (QED) is 0.470. The Morgan fingerprint density at radius 1 is 0.867 bits per heavy atom. The molecule has 2 aromatic heterocycles. The fraction of sp³-hybridized carbons (Fsp3) is 0.0455. The zero-order chi connectivity index (χ0) is 21.1. The van der Waals surface area contributed by atoms with Crippen LogP contribution in [0.1, 0.15) is 16.1 Å². The van der Waals surface area contributed by atoms with Crippen molar-refractivity contribution >= 4 is 22.5 Å². The number of rotatable bonds is 4. The second kappa shape index (κ2) is 7.82. The van der Waals surface area contributed by atoms with E-state index in [9.17, 15) is 18.0 Å². The summed E-state index contributed by atoms with van der Waals surface area (Å²) in [7, 11) is 0. The largest absolute Gasteiger partial charge is 0.456 e. The van der Waals surface area contributed by atoms with E-state index in [0.717, 1.165) is 23.7 Å². The summed E-state index contributed by atoms with van der Waals surface area (Å²) in [5, 5.41) is 3.30. The number of para-hydroxylation sites is 1. The molecule has 0 aliphatic heterocycles. The molecule has 0 spiro atoms. The minimum atomic E-state index is -4.53. The van der Waals surface area contributed by atoms with Gasteiger partial charge in [-0.1, -0.05) is 24.3 Å². The minimum Gasteiger partial charge on any atom is -0.456 e. The lowest BCUT2D eigenvalue weighted by Gasteiger charge is -2.09. The molecule has 0 unspecified atom stereocenters. The van der Waals surface area contributed by atoms with Crippen LogP contribution < -0.4 is 10.1 Å². The number of pyridine rings is 2. The van der Waals surface area contributed by atoms with E-state index in [1.54, 1.807) is 30.5 Å². The van der Waals surface area contributed by atoms with Crippen LogP contribution in [0.25, 0.3) is 10.9 Å². The molecule has 0 fully saturated rings. The second-order valence-electron chi connectivity index (χ2n) is 6.38. The maximum atomic E-state index is 12.6. The topological polar surface area (TPSA) is 64.1 Å². The molecule has 2 aromatic carbocycles. The number of ether oxygens (including phenoxy) is 1. The van der Waals surface area contributed by atoms with E-state index in [-0.39, 0.29) is 5.69 Å². The Hall–Kier alpha value is -3.94. The summed E-state index contributed by atoms with van der Waals surface area (Å²) < 4.78 is 43.5. The van der Waals surface area contributed by atoms with E-state index >= 15 is 0 Å². The summed E-state index contributed by atoms with van der Waals surface area (Å²) in [6.45, 7) is 0. The zero-order valence-corrected chi connectivity index (χ0v) is 15.4. The Morgan fingerprint density at radius 2 is 1.67 bits per heavy atom. The lowest BCUT2D eigenvalue weighted by molar-refractivity contribution is -0.141. The SMILES string of the molecule is O=C(Nc1ccc(C(F)(F)F)nc1)c1ccc2cc(Oc3ccccc3)cnc2c1. The van der Waals surface area contributed by atoms with Crippen molar-refractivity contribution < 1.29 is 22.7 Å². The highest BCUT2D eigenvalue weighted by Crippen LogP contribution is 2.28. The van der Waals surface area contributed by atoms with E-state index in [1.807, 2.05) is 30.3 Å². The van der Waals surface area contributed by atoms with Crippen LogP contribution in [0.5, 0.6) is 11.5 Å². The molecule has 5 nitrogen and oxygen atoms in total. The first-order valence-electron chi connectivity index (χ1n) is 8.86. The van der Waals surface area contributed by atoms with Crippen LogP contribution in [0.3, 0.4) is 0 Å². The standard InChI is InChI=1S/C22H14F3N3O2/c23-22(24,25)20-9-8-16(12-27-20)28-21(29)15-7-6-14-10-18(13-26-19(14)11-15)30-17-4-2-1-3-5-17/h1-13H,(H,28,29). The highest BCUT2D eigenvalue weighted by Gasteiger charge is 2.32. The summed E-state index contributed by atoms with van der Waals surface area (Å²) in [5.74, 6) is 0.756. The molecular weight excluding hydrogens is 395 g/mol. The van der Waals surface area contributed by atoms with Crippen molar-refractivity contribution in [3.05, 3.63) is 90.4 Å². The van der Waals surface area contributed by atoms with Crippen molar-refractivity contribution in [3.8, 4) is 11.5 Å². The van der Waals surface area contributed by atoms with Crippen LogP contribution in [0.4, 0.5) is 18.9 Å². The normalized spacial score (nSPS) is 11.3. The van der Waals surface area contributed by atoms with E-state index < -0.39 is 17.8 Å². The molecule has 8 heteroatoms. The predicted molar refractivity (Wildman–Crippen MR) is 105 cm³/mol. The molecule has 0 bridgehead atoms. The van der Waals surface area contributed by atoms with Crippen LogP contribution in [-0.2, 0) is 6.18 Å². The molecule has 30 heavy (non-hydrogen) atoms. The Balaban J connectivity index is 1.50. The smallest absolute Gasteiger partial charge is 0.433 e. The van der Waals surface area contributed by atoms with Gasteiger partial charge in [-0.3, -0.25) is 9.78 Å². The number of fused-ring (bicyclic) bond motifs is 1. The van der Waals surface area contributed by atoms with Crippen LogP contribution >= 0.6 is 0 Å². The lowest BCUT2D eigenvalue weighted by Crippen LogP contribution is -2.13. The molecule has 0 aliphatic carbocycles. The predicted octanol–water partition coefficient (Wildman–Crippen LogP) is 5.69. The maximum absolute atomic E-state index is 12.6. The van der Waals surface area contributed by atoms with Crippen molar-refractivity contribution in [2.45, 2.75) is 6.18 Å². The molecule has 0 saturated carbocycles. The number of halogens is 3. The third kappa shape index (κ3) is 4.38. The number of carbonyl (C=O) groups excluding carboxylic acids is 1. The van der Waals surface area contributed by atoms with Crippen LogP contribution in [0.2, 0.25) is 0 Å². The molecule has 0 radical (unpaired) electrons. The van der Waals surface area contributed by atoms with E-state index in [4.69, 9.17) is 4.74 Å². The molecule has 0 atom stereocenters. The second-order valence-corrected chi connectivity index (χ2v) is 6.38. The van der Waals surface area contributed by atoms with Crippen molar-refractivity contribution in [2.75, 3.05) is 5.32 Å². The van der Waals surface area contributed by atoms with Crippen molar-refractivity contribution in [1.82, 2.24) is 9.97 Å². The monoisotopic (exact) mass is 409 g/mol. The number of amides is 1. The van der Waals surface area contributed by atoms with E-state index in [0.29, 0.717) is 22.6 Å². The van der Waals surface area contributed by atoms with Gasteiger partial charge in [-0.15, -0.1) is 0 Å². The highest BCUT2D eigenvalue weighted by atomic mass is 19.4. The Morgan fingerprint density at radius 3 is 2.37 bits per heavy atom. The first kappa shape index (κ1) is 19.4. The van der Waals surface area contributed by atoms with Gasteiger partial charge in [-0.25, -0.2) is 4.98 Å². The van der Waals surface area contributed by atoms with Gasteiger partial charge in [0.2, 0.25) is 0 Å². The number of nitrogens with one attached hydrogen (secondary N) is 1. The Kier molecular flexibility index (Phi) is 5.05. The third-order valence-corrected chi connectivity index (χ3v) is 4.21. The first-order chi connectivity index (χ1) is 14.4. The van der Waals surface area contributed by atoms with Gasteiger partial charge in [0, 0.05) is 10.9 Å². The summed E-state index contributed by atoms with van der Waals surface area (Å²) >= 11 is 0. The fourth-order valence-electron chi connectivity index (χ4n) is 2.76. The number of hydrogen-bond acceptors (Lipinski definition) is 4. The number of carbonyl (C=O) groups is 1. The molecule has 4 aromatic rings. The van der Waals surface area contributed by atoms with Gasteiger partial charge < -0.3 is 10.1 Å². The van der Waals surface area contributed by atoms with Gasteiger partial charge in [0.05, 0.1) is 23.6 Å². The van der Waals surface area contributed by atoms with E-state index in [1.165, 1.54) is 0 Å².